The number of nitrogens with zero attached hydrogens (tertiary/aromatic N) is 6. The summed E-state index contributed by atoms with van der Waals surface area (Å²) >= 11 is 0. The fraction of sp³-hybridized carbons (Fsp3) is 0.521. The molecular formula is C48H70N8O7S3. The van der Waals surface area contributed by atoms with Crippen molar-refractivity contribution in [3.63, 3.8) is 0 Å². The minimum absolute atomic E-state index is 0. The van der Waals surface area contributed by atoms with E-state index in [-0.39, 0.29) is 71.2 Å². The van der Waals surface area contributed by atoms with E-state index < -0.39 is 41.3 Å². The van der Waals surface area contributed by atoms with E-state index in [1.165, 1.54) is 9.91 Å². The molecule has 3 N–H and O–H groups in total. The fourth-order valence-electron chi connectivity index (χ4n) is 9.45. The molecule has 362 valence electrons. The largest absolute Gasteiger partial charge is 0.508 e. The molecule has 18 heteroatoms. The second-order valence-electron chi connectivity index (χ2n) is 18.6. The van der Waals surface area contributed by atoms with Gasteiger partial charge in [-0.3, -0.25) is 24.4 Å². The molecule has 0 radical (unpaired) electrons. The van der Waals surface area contributed by atoms with E-state index in [1.807, 2.05) is 45.3 Å². The highest BCUT2D eigenvalue weighted by molar-refractivity contribution is 7.59. The van der Waals surface area contributed by atoms with Crippen LogP contribution in [0.4, 0.5) is 4.79 Å². The van der Waals surface area contributed by atoms with Gasteiger partial charge in [0.2, 0.25) is 5.91 Å². The normalized spacial score (nSPS) is 19.4. The van der Waals surface area contributed by atoms with Gasteiger partial charge in [0.15, 0.2) is 0 Å². The summed E-state index contributed by atoms with van der Waals surface area (Å²) in [4.78, 5) is 66.7. The number of carbonyl (C=O) groups excluding carboxylic acids is 4. The highest BCUT2D eigenvalue weighted by Gasteiger charge is 2.38. The molecule has 4 amide bonds. The molecule has 0 unspecified atom stereocenters. The number of hydrogen-bond acceptors (Lipinski definition) is 10. The summed E-state index contributed by atoms with van der Waals surface area (Å²) in [5, 5.41) is 16.7. The van der Waals surface area contributed by atoms with Gasteiger partial charge in [0.05, 0.1) is 18.9 Å². The number of nitrogens with one attached hydrogen (secondary N) is 2. The Morgan fingerprint density at radius 2 is 1.76 bits per heavy atom. The number of aryl methyl sites for hydroxylation is 1. The third kappa shape index (κ3) is 11.8. The Morgan fingerprint density at radius 3 is 2.44 bits per heavy atom. The number of ether oxygens (including phenoxy) is 2. The molecule has 15 nitrogen and oxygen atoms in total. The summed E-state index contributed by atoms with van der Waals surface area (Å²) in [5.41, 5.74) is 9.91. The number of piperazine rings is 1. The van der Waals surface area contributed by atoms with Crippen LogP contribution >= 0.6 is 40.5 Å². The summed E-state index contributed by atoms with van der Waals surface area (Å²) < 4.78 is 14.0. The van der Waals surface area contributed by atoms with Crippen molar-refractivity contribution >= 4 is 75.2 Å². The number of phenols is 1. The van der Waals surface area contributed by atoms with Crippen LogP contribution in [-0.4, -0.2) is 137 Å². The molecule has 5 heterocycles. The third-order valence-corrected chi connectivity index (χ3v) is 12.7. The van der Waals surface area contributed by atoms with Crippen LogP contribution in [0, 0.1) is 11.3 Å². The highest BCUT2D eigenvalue weighted by Crippen LogP contribution is 2.41. The van der Waals surface area contributed by atoms with E-state index >= 15 is 0 Å². The molecule has 2 fully saturated rings. The quantitative estimate of drug-likeness (QED) is 0.191. The Hall–Kier alpha value is -4.46. The number of aromatic hydroxyl groups is 1. The molecule has 0 aliphatic carbocycles. The van der Waals surface area contributed by atoms with Crippen molar-refractivity contribution in [2.24, 2.45) is 11.3 Å². The van der Waals surface area contributed by atoms with Gasteiger partial charge < -0.3 is 39.2 Å². The number of methoxy groups -OCH3 is 1. The molecule has 3 atom stereocenters. The Labute approximate surface area is 410 Å². The van der Waals surface area contributed by atoms with Crippen LogP contribution < -0.4 is 10.7 Å². The number of amides is 4. The summed E-state index contributed by atoms with van der Waals surface area (Å²) in [6.07, 6.45) is 5.24. The van der Waals surface area contributed by atoms with E-state index in [2.05, 4.69) is 58.1 Å². The number of phenolic OH excluding ortho intramolecular Hbond substituents is 1. The maximum absolute atomic E-state index is 14.7. The average molecular weight is 967 g/mol. The van der Waals surface area contributed by atoms with Crippen LogP contribution in [0.5, 0.6) is 5.75 Å². The van der Waals surface area contributed by atoms with Crippen molar-refractivity contribution in [3.05, 3.63) is 71.5 Å². The van der Waals surface area contributed by atoms with Crippen LogP contribution in [0.1, 0.15) is 64.2 Å². The van der Waals surface area contributed by atoms with Crippen molar-refractivity contribution < 1.29 is 33.8 Å². The second kappa shape index (κ2) is 23.0. The van der Waals surface area contributed by atoms with Crippen LogP contribution in [-0.2, 0) is 49.9 Å². The summed E-state index contributed by atoms with van der Waals surface area (Å²) in [7, 11) is 5.33. The average Bonchev–Trinajstić information content (AvgIpc) is 3.56. The molecule has 0 spiro atoms. The number of cyclic esters (lactones) is 1. The van der Waals surface area contributed by atoms with E-state index in [0.29, 0.717) is 57.6 Å². The van der Waals surface area contributed by atoms with Gasteiger partial charge in [0.25, 0.3) is 5.91 Å². The van der Waals surface area contributed by atoms with E-state index in [1.54, 1.807) is 37.4 Å². The number of hydrogen-bond donors (Lipinski definition) is 3. The number of likely N-dealkylation sites (N-methyl/N-ethyl adjacent to an activating group) is 2. The smallest absolute Gasteiger partial charge is 0.324 e. The van der Waals surface area contributed by atoms with Gasteiger partial charge in [-0.25, -0.2) is 10.2 Å². The third-order valence-electron chi connectivity index (χ3n) is 12.7. The predicted molar refractivity (Wildman–Crippen MR) is 273 cm³/mol. The minimum Gasteiger partial charge on any atom is -0.508 e. The molecule has 7 rings (SSSR count). The minimum atomic E-state index is -1.11. The molecule has 3 aliphatic heterocycles. The first kappa shape index (κ1) is 54.1. The number of hydrazine groups is 1. The standard InChI is InChI=1S/C48H64N8O7.3H2S/c1-9-55-41-13-12-32-25-36(41)37(43(55)38-27-49-15-14-33(38)28-62-8)26-48(4,5)29-63-46(60)39-11-10-16-56(51-39)45(59)40(23-31-21-34(32)24-35(57)22-31)50-44(58)42(30(2)3)53(7)47(61)54-19-17-52(6)18-20-54;;;/h12-15,21-22,24-25,27,30,39-40,42,51,57H,9-11,16-20,23,26,28-29H2,1-8H3,(H,50,58);3*1H2/t39-,40-,42-;;;/m0.../s1. The molecule has 2 aromatic carbocycles. The Balaban J connectivity index is 0.00000317. The summed E-state index contributed by atoms with van der Waals surface area (Å²) in [6.45, 7) is 14.1. The van der Waals surface area contributed by atoms with Crippen LogP contribution in [0.25, 0.3) is 33.3 Å². The van der Waals surface area contributed by atoms with Crippen molar-refractivity contribution in [3.8, 4) is 28.1 Å². The lowest BCUT2D eigenvalue weighted by Gasteiger charge is -2.39. The monoisotopic (exact) mass is 966 g/mol. The molecule has 6 bridgehead atoms. The zero-order valence-electron chi connectivity index (χ0n) is 39.6. The van der Waals surface area contributed by atoms with E-state index in [4.69, 9.17) is 9.47 Å². The first-order valence-corrected chi connectivity index (χ1v) is 22.2. The zero-order chi connectivity index (χ0) is 45.2. The van der Waals surface area contributed by atoms with Gasteiger partial charge >= 0.3 is 12.0 Å². The lowest BCUT2D eigenvalue weighted by molar-refractivity contribution is -0.155. The Morgan fingerprint density at radius 1 is 1.03 bits per heavy atom. The highest BCUT2D eigenvalue weighted by atomic mass is 32.1. The number of urea groups is 1. The Bertz CT molecular complexity index is 2350. The first-order valence-electron chi connectivity index (χ1n) is 22.2. The number of aromatic nitrogens is 2. The van der Waals surface area contributed by atoms with E-state index in [9.17, 15) is 24.3 Å². The lowest BCUT2D eigenvalue weighted by atomic mass is 9.84. The molecule has 0 saturated carbocycles. The number of carbonyl (C=O) groups is 4. The molecule has 66 heavy (non-hydrogen) atoms. The topological polar surface area (TPSA) is 162 Å². The van der Waals surface area contributed by atoms with Gasteiger partial charge in [-0.2, -0.15) is 40.5 Å². The molecule has 3 aliphatic rings. The summed E-state index contributed by atoms with van der Waals surface area (Å²) in [6, 6.07) is 10.5. The summed E-state index contributed by atoms with van der Waals surface area (Å²) in [5.74, 6) is -1.64. The van der Waals surface area contributed by atoms with Gasteiger partial charge in [0.1, 0.15) is 23.9 Å². The Kier molecular flexibility index (Phi) is 18.9. The number of rotatable bonds is 8. The number of benzene rings is 2. The van der Waals surface area contributed by atoms with Crippen molar-refractivity contribution in [2.45, 2.75) is 91.6 Å². The van der Waals surface area contributed by atoms with Gasteiger partial charge in [-0.15, -0.1) is 0 Å². The molecular weight excluding hydrogens is 897 g/mol. The predicted octanol–water partition coefficient (Wildman–Crippen LogP) is 5.55. The van der Waals surface area contributed by atoms with Crippen LogP contribution in [0.3, 0.4) is 0 Å². The van der Waals surface area contributed by atoms with Crippen molar-refractivity contribution in [1.29, 1.82) is 0 Å². The van der Waals surface area contributed by atoms with Crippen LogP contribution in [0.2, 0.25) is 0 Å². The van der Waals surface area contributed by atoms with Crippen molar-refractivity contribution in [2.75, 3.05) is 60.5 Å². The van der Waals surface area contributed by atoms with Crippen molar-refractivity contribution in [1.82, 2.24) is 40.0 Å². The zero-order valence-corrected chi connectivity index (χ0v) is 42.6. The molecule has 2 aromatic heterocycles. The molecule has 2 saturated heterocycles. The maximum atomic E-state index is 14.7. The van der Waals surface area contributed by atoms with Gasteiger partial charge in [-0.05, 0) is 97.3 Å². The maximum Gasteiger partial charge on any atom is 0.324 e. The van der Waals surface area contributed by atoms with Crippen LogP contribution in [0.15, 0.2) is 54.9 Å². The van der Waals surface area contributed by atoms with Gasteiger partial charge in [-0.1, -0.05) is 39.8 Å². The number of fused-ring (bicyclic) bond motifs is 6. The van der Waals surface area contributed by atoms with E-state index in [0.717, 1.165) is 57.5 Å². The first-order chi connectivity index (χ1) is 30.1. The molecule has 4 aromatic rings. The SMILES string of the molecule is CCn1c(-c2cnccc2COC)c2c3cc(ccc31)-c1cc(O)cc(c1)C[C@H](NC(=O)[C@H](C(C)C)N(C)C(=O)N1CCN(C)CC1)C(=O)N1CCC[C@H](N1)C(=O)OCC(C)(C)C2.S.S.S. The second-order valence-corrected chi connectivity index (χ2v) is 18.6. The lowest BCUT2D eigenvalue weighted by Crippen LogP contribution is -2.62. The number of esters is 1. The van der Waals surface area contributed by atoms with Gasteiger partial charge in [0, 0.05) is 94.1 Å². The number of pyridine rings is 1. The fourth-order valence-corrected chi connectivity index (χ4v) is 9.45.